The van der Waals surface area contributed by atoms with E-state index >= 15 is 0 Å². The topological polar surface area (TPSA) is 58.5 Å². The molecule has 4 nitrogen and oxygen atoms in total. The van der Waals surface area contributed by atoms with Gasteiger partial charge in [0.15, 0.2) is 11.0 Å². The molecule has 102 valence electrons. The highest BCUT2D eigenvalue weighted by atomic mass is 32.2. The Bertz CT molecular complexity index is 618. The number of aliphatic imine (C=N–C) groups is 1. The average molecular weight is 286 g/mol. The third-order valence-electron chi connectivity index (χ3n) is 2.66. The maximum Gasteiger partial charge on any atom is 0.264 e. The van der Waals surface area contributed by atoms with Crippen LogP contribution in [0.15, 0.2) is 52.4 Å². The van der Waals surface area contributed by atoms with Crippen LogP contribution in [0.4, 0.5) is 0 Å². The number of carbonyl (C=O) groups is 2. The Kier molecular flexibility index (Phi) is 4.53. The summed E-state index contributed by atoms with van der Waals surface area (Å²) >= 11 is 1.27. The molecule has 0 saturated carbocycles. The Morgan fingerprint density at radius 3 is 2.75 bits per heavy atom. The molecule has 1 aromatic carbocycles. The van der Waals surface area contributed by atoms with Gasteiger partial charge in [0, 0.05) is 5.57 Å². The molecular formula is C15H14N2O2S. The summed E-state index contributed by atoms with van der Waals surface area (Å²) in [5.41, 5.74) is 1.38. The highest BCUT2D eigenvalue weighted by Crippen LogP contribution is 2.25. The molecule has 0 bridgehead atoms. The molecule has 1 amide bonds. The van der Waals surface area contributed by atoms with E-state index < -0.39 is 0 Å². The Labute approximate surface area is 121 Å². The molecule has 1 aliphatic heterocycles. The number of amidine groups is 1. The number of hydrogen-bond acceptors (Lipinski definition) is 4. The molecule has 1 aliphatic rings. The van der Waals surface area contributed by atoms with Crippen LogP contribution in [-0.4, -0.2) is 23.4 Å². The van der Waals surface area contributed by atoms with Gasteiger partial charge < -0.3 is 5.32 Å². The molecule has 1 N–H and O–H groups in total. The molecule has 5 heteroatoms. The molecule has 0 spiro atoms. The maximum absolute atomic E-state index is 11.8. The summed E-state index contributed by atoms with van der Waals surface area (Å²) in [6.45, 7) is 5.28. The summed E-state index contributed by atoms with van der Waals surface area (Å²) in [4.78, 5) is 27.6. The number of benzene rings is 1. The van der Waals surface area contributed by atoms with Gasteiger partial charge in [-0.1, -0.05) is 36.9 Å². The number of nitrogens with one attached hydrogen (secondary N) is 1. The van der Waals surface area contributed by atoms with Crippen molar-refractivity contribution in [2.24, 2.45) is 4.99 Å². The highest BCUT2D eigenvalue weighted by Gasteiger charge is 2.23. The monoisotopic (exact) mass is 286 g/mol. The largest absolute Gasteiger partial charge is 0.301 e. The molecule has 1 heterocycles. The normalized spacial score (nSPS) is 18.4. The summed E-state index contributed by atoms with van der Waals surface area (Å²) in [6.07, 6.45) is 1.81. The predicted molar refractivity (Wildman–Crippen MR) is 82.3 cm³/mol. The fraction of sp³-hybridized carbons (Fsp3) is 0.133. The summed E-state index contributed by atoms with van der Waals surface area (Å²) in [5, 5.41) is 3.17. The fourth-order valence-electron chi connectivity index (χ4n) is 1.48. The standard InChI is InChI=1S/C15H14N2O2S/c1-10(11(2)18)9-16-15-17-14(19)13(20-15)8-12-6-4-3-5-7-12/h3-8H,1,9H2,2H3,(H,16,17,19). The van der Waals surface area contributed by atoms with Gasteiger partial charge in [0.1, 0.15) is 0 Å². The minimum absolute atomic E-state index is 0.0938. The maximum atomic E-state index is 11.8. The van der Waals surface area contributed by atoms with Crippen molar-refractivity contribution in [2.45, 2.75) is 6.92 Å². The summed E-state index contributed by atoms with van der Waals surface area (Å²) < 4.78 is 0. The minimum Gasteiger partial charge on any atom is -0.301 e. The van der Waals surface area contributed by atoms with Gasteiger partial charge in [-0.3, -0.25) is 14.6 Å². The molecule has 1 fully saturated rings. The van der Waals surface area contributed by atoms with Crippen LogP contribution in [0, 0.1) is 0 Å². The van der Waals surface area contributed by atoms with E-state index in [2.05, 4.69) is 16.9 Å². The van der Waals surface area contributed by atoms with Crippen molar-refractivity contribution in [3.8, 4) is 0 Å². The number of nitrogens with zero attached hydrogens (tertiary/aromatic N) is 1. The van der Waals surface area contributed by atoms with Crippen molar-refractivity contribution in [1.82, 2.24) is 5.32 Å². The van der Waals surface area contributed by atoms with Crippen molar-refractivity contribution in [1.29, 1.82) is 0 Å². The number of carbonyl (C=O) groups excluding carboxylic acids is 2. The van der Waals surface area contributed by atoms with E-state index in [9.17, 15) is 9.59 Å². The number of rotatable bonds is 4. The van der Waals surface area contributed by atoms with Crippen molar-refractivity contribution in [3.05, 3.63) is 53.0 Å². The second-order valence-electron chi connectivity index (χ2n) is 4.26. The first-order valence-corrected chi connectivity index (χ1v) is 6.87. The Morgan fingerprint density at radius 1 is 1.40 bits per heavy atom. The van der Waals surface area contributed by atoms with Crippen LogP contribution in [0.1, 0.15) is 12.5 Å². The lowest BCUT2D eigenvalue weighted by molar-refractivity contribution is -0.115. The molecule has 2 rings (SSSR count). The van der Waals surface area contributed by atoms with Gasteiger partial charge in [-0.2, -0.15) is 0 Å². The molecule has 0 atom stereocenters. The van der Waals surface area contributed by atoms with E-state index in [0.29, 0.717) is 15.6 Å². The lowest BCUT2D eigenvalue weighted by Gasteiger charge is -1.97. The Hall–Kier alpha value is -2.14. The summed E-state index contributed by atoms with van der Waals surface area (Å²) in [7, 11) is 0. The van der Waals surface area contributed by atoms with Crippen LogP contribution in [0.3, 0.4) is 0 Å². The molecule has 0 radical (unpaired) electrons. The predicted octanol–water partition coefficient (Wildman–Crippen LogP) is 2.39. The van der Waals surface area contributed by atoms with Gasteiger partial charge in [0.25, 0.3) is 5.91 Å². The summed E-state index contributed by atoms with van der Waals surface area (Å²) in [5.74, 6) is -0.269. The first-order chi connectivity index (χ1) is 9.56. The van der Waals surface area contributed by atoms with Crippen LogP contribution in [0.5, 0.6) is 0 Å². The smallest absolute Gasteiger partial charge is 0.264 e. The van der Waals surface area contributed by atoms with Gasteiger partial charge in [-0.15, -0.1) is 0 Å². The third-order valence-corrected chi connectivity index (χ3v) is 3.61. The van der Waals surface area contributed by atoms with Crippen LogP contribution < -0.4 is 5.32 Å². The fourth-order valence-corrected chi connectivity index (χ4v) is 2.30. The van der Waals surface area contributed by atoms with Gasteiger partial charge >= 0.3 is 0 Å². The Balaban J connectivity index is 2.08. The highest BCUT2D eigenvalue weighted by molar-refractivity contribution is 8.18. The zero-order valence-corrected chi connectivity index (χ0v) is 11.9. The third kappa shape index (κ3) is 3.68. The van der Waals surface area contributed by atoms with Gasteiger partial charge in [-0.05, 0) is 30.3 Å². The van der Waals surface area contributed by atoms with E-state index in [1.54, 1.807) is 0 Å². The molecular weight excluding hydrogens is 272 g/mol. The van der Waals surface area contributed by atoms with Crippen molar-refractivity contribution in [3.63, 3.8) is 0 Å². The van der Waals surface area contributed by atoms with Crippen LogP contribution in [0.2, 0.25) is 0 Å². The number of thioether (sulfide) groups is 1. The van der Waals surface area contributed by atoms with Crippen molar-refractivity contribution < 1.29 is 9.59 Å². The Morgan fingerprint density at radius 2 is 2.10 bits per heavy atom. The van der Waals surface area contributed by atoms with Crippen LogP contribution in [-0.2, 0) is 9.59 Å². The summed E-state index contributed by atoms with van der Waals surface area (Å²) in [6, 6.07) is 9.59. The quantitative estimate of drug-likeness (QED) is 0.865. The zero-order valence-electron chi connectivity index (χ0n) is 11.1. The van der Waals surface area contributed by atoms with Gasteiger partial charge in [0.05, 0.1) is 11.4 Å². The molecule has 1 saturated heterocycles. The SMILES string of the molecule is C=C(CN=C1NC(=O)C(=Cc2ccccc2)S1)C(C)=O. The average Bonchev–Trinajstić information content (AvgIpc) is 2.77. The van der Waals surface area contributed by atoms with Gasteiger partial charge in [0.2, 0.25) is 0 Å². The number of ketones is 1. The van der Waals surface area contributed by atoms with Crippen molar-refractivity contribution in [2.75, 3.05) is 6.54 Å². The van der Waals surface area contributed by atoms with Crippen LogP contribution >= 0.6 is 11.8 Å². The molecule has 20 heavy (non-hydrogen) atoms. The molecule has 0 unspecified atom stereocenters. The second kappa shape index (κ2) is 6.34. The molecule has 0 aromatic heterocycles. The van der Waals surface area contributed by atoms with Gasteiger partial charge in [-0.25, -0.2) is 0 Å². The van der Waals surface area contributed by atoms with E-state index in [1.165, 1.54) is 18.7 Å². The van der Waals surface area contributed by atoms with Crippen LogP contribution in [0.25, 0.3) is 6.08 Å². The van der Waals surface area contributed by atoms with E-state index in [4.69, 9.17) is 0 Å². The minimum atomic E-state index is -0.175. The van der Waals surface area contributed by atoms with E-state index in [1.807, 2.05) is 36.4 Å². The van der Waals surface area contributed by atoms with E-state index in [-0.39, 0.29) is 18.2 Å². The zero-order chi connectivity index (χ0) is 14.5. The number of Topliss-reactive ketones (excluding diaryl/α,β-unsaturated/α-hetero) is 1. The lowest BCUT2D eigenvalue weighted by atomic mass is 10.2. The number of hydrogen-bond donors (Lipinski definition) is 1. The first kappa shape index (κ1) is 14.3. The molecule has 1 aromatic rings. The first-order valence-electron chi connectivity index (χ1n) is 6.05. The second-order valence-corrected chi connectivity index (χ2v) is 5.29. The van der Waals surface area contributed by atoms with Crippen molar-refractivity contribution >= 4 is 34.7 Å². The lowest BCUT2D eigenvalue weighted by Crippen LogP contribution is -2.20. The molecule has 0 aliphatic carbocycles. The number of amides is 1. The van der Waals surface area contributed by atoms with E-state index in [0.717, 1.165) is 5.56 Å².